The largest absolute Gasteiger partial charge is 0.460 e. The molecule has 0 saturated heterocycles. The first kappa shape index (κ1) is 20.2. The smallest absolute Gasteiger partial charge is 0.249 e. The normalized spacial score (nSPS) is 14.2. The molecule has 0 bridgehead atoms. The van der Waals surface area contributed by atoms with Gasteiger partial charge < -0.3 is 20.4 Å². The SMILES string of the molecule is CN1CCCc2c(nc(-c3occ4c(C(N)=O)cccc34)nc2NCc2ccccc2)C1. The van der Waals surface area contributed by atoms with Crippen molar-refractivity contribution in [3.05, 3.63) is 77.2 Å². The number of hydrogen-bond donors (Lipinski definition) is 2. The van der Waals surface area contributed by atoms with Gasteiger partial charge in [-0.2, -0.15) is 0 Å². The maximum atomic E-state index is 11.8. The van der Waals surface area contributed by atoms with Crippen LogP contribution >= 0.6 is 0 Å². The number of furan rings is 1. The summed E-state index contributed by atoms with van der Waals surface area (Å²) in [4.78, 5) is 23.9. The second kappa shape index (κ2) is 8.43. The third kappa shape index (κ3) is 3.83. The third-order valence-corrected chi connectivity index (χ3v) is 5.90. The summed E-state index contributed by atoms with van der Waals surface area (Å²) < 4.78 is 5.88. The molecule has 162 valence electrons. The third-order valence-electron chi connectivity index (χ3n) is 5.90. The number of aromatic nitrogens is 2. The van der Waals surface area contributed by atoms with Crippen molar-refractivity contribution >= 4 is 22.5 Å². The summed E-state index contributed by atoms with van der Waals surface area (Å²) in [6, 6.07) is 15.7. The zero-order valence-electron chi connectivity index (χ0n) is 18.0. The minimum Gasteiger partial charge on any atom is -0.460 e. The number of carbonyl (C=O) groups excluding carboxylic acids is 1. The van der Waals surface area contributed by atoms with Crippen LogP contribution in [0.1, 0.15) is 33.6 Å². The molecule has 1 amide bonds. The van der Waals surface area contributed by atoms with Crippen molar-refractivity contribution < 1.29 is 9.21 Å². The quantitative estimate of drug-likeness (QED) is 0.500. The number of rotatable bonds is 5. The molecule has 5 rings (SSSR count). The first-order valence-electron chi connectivity index (χ1n) is 10.8. The van der Waals surface area contributed by atoms with Gasteiger partial charge in [-0.3, -0.25) is 4.79 Å². The molecule has 7 nitrogen and oxygen atoms in total. The summed E-state index contributed by atoms with van der Waals surface area (Å²) >= 11 is 0. The van der Waals surface area contributed by atoms with E-state index in [9.17, 15) is 4.79 Å². The van der Waals surface area contributed by atoms with Crippen molar-refractivity contribution in [1.82, 2.24) is 14.9 Å². The molecule has 0 saturated carbocycles. The first-order valence-corrected chi connectivity index (χ1v) is 10.8. The highest BCUT2D eigenvalue weighted by Gasteiger charge is 2.22. The van der Waals surface area contributed by atoms with Gasteiger partial charge >= 0.3 is 0 Å². The Morgan fingerprint density at radius 3 is 2.78 bits per heavy atom. The van der Waals surface area contributed by atoms with Gasteiger partial charge in [0, 0.05) is 29.4 Å². The van der Waals surface area contributed by atoms with E-state index < -0.39 is 5.91 Å². The van der Waals surface area contributed by atoms with Crippen molar-refractivity contribution in [3.63, 3.8) is 0 Å². The molecule has 1 aliphatic heterocycles. The van der Waals surface area contributed by atoms with E-state index in [4.69, 9.17) is 20.1 Å². The van der Waals surface area contributed by atoms with Gasteiger partial charge in [0.25, 0.3) is 0 Å². The Labute approximate surface area is 186 Å². The zero-order chi connectivity index (χ0) is 22.1. The van der Waals surface area contributed by atoms with Gasteiger partial charge in [0.15, 0.2) is 11.6 Å². The lowest BCUT2D eigenvalue weighted by molar-refractivity contribution is 0.100. The van der Waals surface area contributed by atoms with E-state index in [1.54, 1.807) is 18.4 Å². The molecule has 2 aromatic carbocycles. The summed E-state index contributed by atoms with van der Waals surface area (Å²) in [5.74, 6) is 1.39. The Bertz CT molecular complexity index is 1280. The van der Waals surface area contributed by atoms with Crippen molar-refractivity contribution in [2.75, 3.05) is 18.9 Å². The van der Waals surface area contributed by atoms with Gasteiger partial charge in [-0.05, 0) is 38.1 Å². The van der Waals surface area contributed by atoms with Crippen LogP contribution in [-0.4, -0.2) is 34.4 Å². The van der Waals surface area contributed by atoms with Crippen LogP contribution in [0.25, 0.3) is 22.4 Å². The summed E-state index contributed by atoms with van der Waals surface area (Å²) in [7, 11) is 2.11. The molecule has 0 atom stereocenters. The molecule has 7 heteroatoms. The number of hydrogen-bond acceptors (Lipinski definition) is 6. The van der Waals surface area contributed by atoms with Crippen molar-refractivity contribution in [2.45, 2.75) is 25.9 Å². The number of benzene rings is 2. The molecule has 32 heavy (non-hydrogen) atoms. The Kier molecular flexibility index (Phi) is 5.33. The number of nitrogens with one attached hydrogen (secondary N) is 1. The lowest BCUT2D eigenvalue weighted by Crippen LogP contribution is -2.18. The highest BCUT2D eigenvalue weighted by Crippen LogP contribution is 2.33. The Hall–Kier alpha value is -3.71. The molecule has 4 aromatic rings. The fourth-order valence-corrected chi connectivity index (χ4v) is 4.27. The van der Waals surface area contributed by atoms with Crippen LogP contribution < -0.4 is 11.1 Å². The minimum atomic E-state index is -0.488. The van der Waals surface area contributed by atoms with Crippen LogP contribution in [0.4, 0.5) is 5.82 Å². The lowest BCUT2D eigenvalue weighted by Gasteiger charge is -2.16. The average molecular weight is 428 g/mol. The second-order valence-corrected chi connectivity index (χ2v) is 8.20. The molecule has 3 heterocycles. The monoisotopic (exact) mass is 427 g/mol. The van der Waals surface area contributed by atoms with Gasteiger partial charge in [-0.1, -0.05) is 42.5 Å². The first-order chi connectivity index (χ1) is 15.6. The summed E-state index contributed by atoms with van der Waals surface area (Å²) in [5.41, 5.74) is 9.31. The number of primary amides is 1. The predicted octanol–water partition coefficient (Wildman–Crippen LogP) is 3.98. The van der Waals surface area contributed by atoms with Gasteiger partial charge in [0.05, 0.1) is 11.3 Å². The van der Waals surface area contributed by atoms with Crippen LogP contribution in [0.15, 0.2) is 59.2 Å². The fraction of sp³-hybridized carbons (Fsp3) is 0.240. The number of amides is 1. The molecule has 0 aliphatic carbocycles. The highest BCUT2D eigenvalue weighted by atomic mass is 16.3. The van der Waals surface area contributed by atoms with E-state index in [0.29, 0.717) is 29.1 Å². The van der Waals surface area contributed by atoms with E-state index in [1.165, 1.54) is 5.56 Å². The topological polar surface area (TPSA) is 97.3 Å². The van der Waals surface area contributed by atoms with Crippen LogP contribution in [0.5, 0.6) is 0 Å². The Morgan fingerprint density at radius 2 is 1.97 bits per heavy atom. The molecule has 3 N–H and O–H groups in total. The van der Waals surface area contributed by atoms with E-state index in [0.717, 1.165) is 48.4 Å². The number of fused-ring (bicyclic) bond motifs is 2. The van der Waals surface area contributed by atoms with Gasteiger partial charge in [-0.15, -0.1) is 0 Å². The van der Waals surface area contributed by atoms with Crippen molar-refractivity contribution in [2.24, 2.45) is 5.73 Å². The summed E-state index contributed by atoms with van der Waals surface area (Å²) in [5, 5.41) is 4.97. The van der Waals surface area contributed by atoms with Crippen LogP contribution in [0.3, 0.4) is 0 Å². The lowest BCUT2D eigenvalue weighted by atomic mass is 10.1. The van der Waals surface area contributed by atoms with Crippen LogP contribution in [0.2, 0.25) is 0 Å². The molecule has 1 aliphatic rings. The van der Waals surface area contributed by atoms with Gasteiger partial charge in [-0.25, -0.2) is 9.97 Å². The molecule has 0 radical (unpaired) electrons. The Balaban J connectivity index is 1.61. The number of carbonyl (C=O) groups is 1. The van der Waals surface area contributed by atoms with Crippen LogP contribution in [-0.2, 0) is 19.5 Å². The zero-order valence-corrected chi connectivity index (χ0v) is 18.0. The van der Waals surface area contributed by atoms with Gasteiger partial charge in [0.2, 0.25) is 5.91 Å². The standard InChI is InChI=1S/C25H25N5O2/c1-30-12-6-11-19-21(14-30)28-25(29-24(19)27-13-16-7-3-2-4-8-16)22-17-9-5-10-18(23(26)31)20(17)15-32-22/h2-5,7-10,15H,6,11-14H2,1H3,(H2,26,31)(H,27,28,29). The fourth-order valence-electron chi connectivity index (χ4n) is 4.27. The van der Waals surface area contributed by atoms with Crippen LogP contribution in [0, 0.1) is 0 Å². The van der Waals surface area contributed by atoms with E-state index in [-0.39, 0.29) is 0 Å². The maximum absolute atomic E-state index is 11.8. The van der Waals surface area contributed by atoms with E-state index in [2.05, 4.69) is 29.4 Å². The molecule has 0 unspecified atom stereocenters. The van der Waals surface area contributed by atoms with Crippen molar-refractivity contribution in [3.8, 4) is 11.6 Å². The van der Waals surface area contributed by atoms with Crippen molar-refractivity contribution in [1.29, 1.82) is 0 Å². The number of anilines is 1. The molecule has 0 fully saturated rings. The minimum absolute atomic E-state index is 0.425. The second-order valence-electron chi connectivity index (χ2n) is 8.20. The van der Waals surface area contributed by atoms with Gasteiger partial charge in [0.1, 0.15) is 12.1 Å². The maximum Gasteiger partial charge on any atom is 0.249 e. The predicted molar refractivity (Wildman–Crippen MR) is 124 cm³/mol. The van der Waals surface area contributed by atoms with E-state index >= 15 is 0 Å². The highest BCUT2D eigenvalue weighted by molar-refractivity contribution is 6.08. The molecular weight excluding hydrogens is 402 g/mol. The number of nitrogens with two attached hydrogens (primary N) is 1. The average Bonchev–Trinajstić information content (AvgIpc) is 3.14. The molecular formula is C25H25N5O2. The number of nitrogens with zero attached hydrogens (tertiary/aromatic N) is 3. The van der Waals surface area contributed by atoms with E-state index in [1.807, 2.05) is 24.3 Å². The molecule has 0 spiro atoms. The summed E-state index contributed by atoms with van der Waals surface area (Å²) in [6.45, 7) is 2.43. The summed E-state index contributed by atoms with van der Waals surface area (Å²) in [6.07, 6.45) is 3.53. The molecule has 2 aromatic heterocycles. The Morgan fingerprint density at radius 1 is 1.12 bits per heavy atom.